The molecule has 6 nitrogen and oxygen atoms in total. The number of carbonyl (C=O) groups excluding carboxylic acids is 1. The average molecular weight is 433 g/mol. The molecule has 31 heavy (non-hydrogen) atoms. The van der Waals surface area contributed by atoms with E-state index in [2.05, 4.69) is 13.8 Å². The van der Waals surface area contributed by atoms with Gasteiger partial charge in [-0.25, -0.2) is 4.79 Å². The third kappa shape index (κ3) is 14.6. The van der Waals surface area contributed by atoms with Crippen LogP contribution in [-0.2, 0) is 9.59 Å². The van der Waals surface area contributed by atoms with E-state index in [1.54, 1.807) is 26.0 Å². The molecular formula is C25H36O6. The number of benzene rings is 1. The van der Waals surface area contributed by atoms with Crippen LogP contribution >= 0.6 is 0 Å². The topological polar surface area (TPSA) is 82.1 Å². The molecule has 0 aromatic heterocycles. The number of carbonyl (C=O) groups is 2. The van der Waals surface area contributed by atoms with Gasteiger partial charge in [-0.1, -0.05) is 56.7 Å². The summed E-state index contributed by atoms with van der Waals surface area (Å²) in [6, 6.07) is 5.33. The van der Waals surface area contributed by atoms with E-state index >= 15 is 0 Å². The molecule has 0 radical (unpaired) electrons. The first-order valence-electron chi connectivity index (χ1n) is 10.6. The second-order valence-corrected chi connectivity index (χ2v) is 6.75. The maximum Gasteiger partial charge on any atom is 0.328 e. The van der Waals surface area contributed by atoms with E-state index in [0.29, 0.717) is 36.9 Å². The minimum atomic E-state index is -0.875. The second-order valence-electron chi connectivity index (χ2n) is 6.75. The Kier molecular flexibility index (Phi) is 16.1. The summed E-state index contributed by atoms with van der Waals surface area (Å²) < 4.78 is 17.0. The smallest absolute Gasteiger partial charge is 0.328 e. The Hall–Kier alpha value is -3.02. The summed E-state index contributed by atoms with van der Waals surface area (Å²) in [5.74, 6) is 0.292. The van der Waals surface area contributed by atoms with Crippen LogP contribution in [0, 0.1) is 0 Å². The number of allylic oxidation sites excluding steroid dienone is 3. The van der Waals surface area contributed by atoms with Crippen molar-refractivity contribution < 1.29 is 28.9 Å². The zero-order valence-electron chi connectivity index (χ0n) is 19.3. The fraction of sp³-hybridized carbons (Fsp3) is 0.440. The van der Waals surface area contributed by atoms with Gasteiger partial charge in [0, 0.05) is 12.5 Å². The van der Waals surface area contributed by atoms with E-state index in [4.69, 9.17) is 19.3 Å². The molecule has 0 spiro atoms. The summed E-state index contributed by atoms with van der Waals surface area (Å²) in [5.41, 5.74) is 0.813. The molecule has 0 bridgehead atoms. The van der Waals surface area contributed by atoms with Crippen molar-refractivity contribution in [2.75, 3.05) is 13.2 Å². The van der Waals surface area contributed by atoms with Crippen molar-refractivity contribution in [3.63, 3.8) is 0 Å². The lowest BCUT2D eigenvalue weighted by Gasteiger charge is -2.15. The van der Waals surface area contributed by atoms with Gasteiger partial charge in [0.25, 0.3) is 0 Å². The molecule has 0 aliphatic carbocycles. The predicted octanol–water partition coefficient (Wildman–Crippen LogP) is 6.12. The normalized spacial score (nSPS) is 10.4. The van der Waals surface area contributed by atoms with Crippen LogP contribution in [-0.4, -0.2) is 30.3 Å². The third-order valence-electron chi connectivity index (χ3n) is 3.50. The van der Waals surface area contributed by atoms with Gasteiger partial charge in [-0.05, 0) is 45.2 Å². The molecule has 0 unspecified atom stereocenters. The molecule has 1 aromatic rings. The zero-order valence-corrected chi connectivity index (χ0v) is 19.3. The molecule has 1 rings (SSSR count). The Balaban J connectivity index is 0.00000110. The van der Waals surface area contributed by atoms with Gasteiger partial charge in [-0.15, -0.1) is 0 Å². The first-order chi connectivity index (χ1) is 14.8. The third-order valence-corrected chi connectivity index (χ3v) is 3.50. The maximum atomic E-state index is 11.8. The monoisotopic (exact) mass is 432 g/mol. The maximum absolute atomic E-state index is 11.8. The van der Waals surface area contributed by atoms with Gasteiger partial charge in [0.2, 0.25) is 5.75 Å². The molecule has 1 N–H and O–H groups in total. The van der Waals surface area contributed by atoms with E-state index in [1.807, 2.05) is 37.3 Å². The summed E-state index contributed by atoms with van der Waals surface area (Å²) in [6.07, 6.45) is 12.1. The number of hydrogen-bond donors (Lipinski definition) is 1. The summed E-state index contributed by atoms with van der Waals surface area (Å²) in [7, 11) is 0. The molecule has 0 atom stereocenters. The van der Waals surface area contributed by atoms with Crippen LogP contribution < -0.4 is 14.2 Å². The molecule has 172 valence electrons. The number of aliphatic carboxylic acids is 1. The van der Waals surface area contributed by atoms with Crippen LogP contribution in [0.5, 0.6) is 17.2 Å². The van der Waals surface area contributed by atoms with Crippen molar-refractivity contribution >= 4 is 11.9 Å². The molecule has 6 heteroatoms. The van der Waals surface area contributed by atoms with Crippen molar-refractivity contribution in [1.82, 2.24) is 0 Å². The molecule has 0 fully saturated rings. The van der Waals surface area contributed by atoms with Crippen molar-refractivity contribution in [2.24, 2.45) is 0 Å². The molecule has 0 amide bonds. The number of esters is 1. The fourth-order valence-corrected chi connectivity index (χ4v) is 2.20. The van der Waals surface area contributed by atoms with Crippen molar-refractivity contribution in [1.29, 1.82) is 0 Å². The molecule has 1 aromatic carbocycles. The first kappa shape index (κ1) is 28.0. The van der Waals surface area contributed by atoms with Crippen molar-refractivity contribution in [2.45, 2.75) is 60.3 Å². The van der Waals surface area contributed by atoms with Gasteiger partial charge < -0.3 is 19.3 Å². The molecule has 0 heterocycles. The van der Waals surface area contributed by atoms with Crippen LogP contribution in [0.2, 0.25) is 0 Å². The number of para-hydroxylation sites is 1. The minimum Gasteiger partial charge on any atom is -0.485 e. The molecule has 0 aliphatic heterocycles. The Morgan fingerprint density at radius 1 is 0.903 bits per heavy atom. The SMILES string of the molecule is CC(C)=CC(=O)O.CCC=CCOc1cccc(OC(=O)CCC)c1OCC=CCC. The highest BCUT2D eigenvalue weighted by atomic mass is 16.6. The second kappa shape index (κ2) is 17.8. The summed E-state index contributed by atoms with van der Waals surface area (Å²) in [5, 5.41) is 8.01. The lowest BCUT2D eigenvalue weighted by molar-refractivity contribution is -0.134. The van der Waals surface area contributed by atoms with Crippen molar-refractivity contribution in [3.05, 3.63) is 54.2 Å². The van der Waals surface area contributed by atoms with Crippen LogP contribution in [0.15, 0.2) is 54.2 Å². The lowest BCUT2D eigenvalue weighted by Crippen LogP contribution is -2.09. The highest BCUT2D eigenvalue weighted by molar-refractivity contribution is 5.80. The molecule has 0 saturated carbocycles. The fourth-order valence-electron chi connectivity index (χ4n) is 2.20. The standard InChI is InChI=1S/C20H28O4.C5H8O2/c1-4-7-9-15-22-17-13-11-14-18(24-19(21)12-6-3)20(17)23-16-10-8-5-2;1-4(2)3-5(6)7/h7-11,13-14H,4-6,12,15-16H2,1-3H3;3H,1-2H3,(H,6,7). The Bertz CT molecular complexity index is 742. The highest BCUT2D eigenvalue weighted by Crippen LogP contribution is 2.37. The summed E-state index contributed by atoms with van der Waals surface area (Å²) >= 11 is 0. The van der Waals surface area contributed by atoms with E-state index in [0.717, 1.165) is 24.8 Å². The Morgan fingerprint density at radius 3 is 1.97 bits per heavy atom. The van der Waals surface area contributed by atoms with E-state index < -0.39 is 5.97 Å². The van der Waals surface area contributed by atoms with Gasteiger partial charge in [-0.3, -0.25) is 4.79 Å². The van der Waals surface area contributed by atoms with Crippen LogP contribution in [0.1, 0.15) is 60.3 Å². The number of carboxylic acids is 1. The van der Waals surface area contributed by atoms with E-state index in [-0.39, 0.29) is 5.97 Å². The summed E-state index contributed by atoms with van der Waals surface area (Å²) in [4.78, 5) is 21.5. The molecular weight excluding hydrogens is 396 g/mol. The van der Waals surface area contributed by atoms with Gasteiger partial charge >= 0.3 is 11.9 Å². The van der Waals surface area contributed by atoms with Crippen molar-refractivity contribution in [3.8, 4) is 17.2 Å². The van der Waals surface area contributed by atoms with Crippen LogP contribution in [0.25, 0.3) is 0 Å². The van der Waals surface area contributed by atoms with Gasteiger partial charge in [0.05, 0.1) is 0 Å². The van der Waals surface area contributed by atoms with Gasteiger partial charge in [0.15, 0.2) is 11.5 Å². The predicted molar refractivity (Wildman–Crippen MR) is 124 cm³/mol. The van der Waals surface area contributed by atoms with Crippen LogP contribution in [0.4, 0.5) is 0 Å². The van der Waals surface area contributed by atoms with E-state index in [9.17, 15) is 9.59 Å². The van der Waals surface area contributed by atoms with Gasteiger partial charge in [-0.2, -0.15) is 0 Å². The number of hydrogen-bond acceptors (Lipinski definition) is 5. The zero-order chi connectivity index (χ0) is 23.5. The highest BCUT2D eigenvalue weighted by Gasteiger charge is 2.15. The number of ether oxygens (including phenoxy) is 3. The average Bonchev–Trinajstić information content (AvgIpc) is 2.69. The number of rotatable bonds is 12. The Labute approximate surface area is 186 Å². The van der Waals surface area contributed by atoms with E-state index in [1.165, 1.54) is 6.08 Å². The molecule has 0 aliphatic rings. The first-order valence-corrected chi connectivity index (χ1v) is 10.6. The quantitative estimate of drug-likeness (QED) is 0.185. The van der Waals surface area contributed by atoms with Gasteiger partial charge in [0.1, 0.15) is 13.2 Å². The number of carboxylic acid groups (broad SMARTS) is 1. The molecule has 0 saturated heterocycles. The minimum absolute atomic E-state index is 0.269. The Morgan fingerprint density at radius 2 is 1.48 bits per heavy atom. The largest absolute Gasteiger partial charge is 0.485 e. The van der Waals surface area contributed by atoms with Crippen LogP contribution in [0.3, 0.4) is 0 Å². The lowest BCUT2D eigenvalue weighted by atomic mass is 10.3. The summed E-state index contributed by atoms with van der Waals surface area (Å²) in [6.45, 7) is 10.4.